The van der Waals surface area contributed by atoms with Gasteiger partial charge in [0.2, 0.25) is 11.0 Å². The molecule has 1 heterocycles. The molecule has 1 aromatic heterocycles. The van der Waals surface area contributed by atoms with Crippen LogP contribution in [0.25, 0.3) is 10.9 Å². The minimum Gasteiger partial charge on any atom is -0.493 e. The summed E-state index contributed by atoms with van der Waals surface area (Å²) in [4.78, 5) is 2.86. The van der Waals surface area contributed by atoms with Crippen molar-refractivity contribution in [2.24, 2.45) is 10.2 Å². The van der Waals surface area contributed by atoms with Gasteiger partial charge in [0.05, 0.1) is 5.52 Å². The largest absolute Gasteiger partial charge is 0.493 e. The zero-order valence-electron chi connectivity index (χ0n) is 11.5. The molecule has 2 aromatic carbocycles. The molecule has 0 amide bonds. The van der Waals surface area contributed by atoms with E-state index in [9.17, 15) is 9.50 Å². The molecular weight excluding hydrogens is 430 g/mol. The fourth-order valence-corrected chi connectivity index (χ4v) is 2.86. The van der Waals surface area contributed by atoms with Crippen LogP contribution < -0.4 is 5.32 Å². The van der Waals surface area contributed by atoms with E-state index in [1.54, 1.807) is 12.1 Å². The smallest absolute Gasteiger partial charge is 0.218 e. The maximum absolute atomic E-state index is 13.1. The lowest BCUT2D eigenvalue weighted by molar-refractivity contribution is 0.459. The predicted octanol–water partition coefficient (Wildman–Crippen LogP) is 5.10. The zero-order chi connectivity index (χ0) is 16.4. The number of hydrogen-bond donors (Lipinski definition) is 3. The van der Waals surface area contributed by atoms with Gasteiger partial charge in [-0.3, -0.25) is 0 Å². The number of thiocarbonyl (C=S) groups is 1. The molecule has 3 rings (SSSR count). The topological polar surface area (TPSA) is 72.8 Å². The number of nitrogens with one attached hydrogen (secondary N) is 2. The van der Waals surface area contributed by atoms with Crippen molar-refractivity contribution in [3.63, 3.8) is 0 Å². The summed E-state index contributed by atoms with van der Waals surface area (Å²) in [5, 5.41) is 21.4. The highest BCUT2D eigenvalue weighted by atomic mass is 127. The first-order valence-corrected chi connectivity index (χ1v) is 8.01. The average Bonchev–Trinajstić information content (AvgIpc) is 2.82. The van der Waals surface area contributed by atoms with Crippen molar-refractivity contribution in [3.8, 4) is 5.88 Å². The van der Waals surface area contributed by atoms with Gasteiger partial charge in [0.25, 0.3) is 0 Å². The number of nitrogens with zero attached hydrogens (tertiary/aromatic N) is 2. The van der Waals surface area contributed by atoms with Gasteiger partial charge in [-0.2, -0.15) is 0 Å². The fourth-order valence-electron chi connectivity index (χ4n) is 2.07. The van der Waals surface area contributed by atoms with Crippen LogP contribution in [0.2, 0.25) is 0 Å². The number of azo groups is 1. The molecule has 8 heteroatoms. The van der Waals surface area contributed by atoms with Gasteiger partial charge in [0.1, 0.15) is 5.82 Å². The van der Waals surface area contributed by atoms with Crippen LogP contribution in [0, 0.1) is 9.39 Å². The summed E-state index contributed by atoms with van der Waals surface area (Å²) in [7, 11) is 0. The van der Waals surface area contributed by atoms with Gasteiger partial charge in [-0.25, -0.2) is 4.39 Å². The standard InChI is InChI=1S/C15H10FIN4OS/c16-8-3-1-4-9(7-8)18-15(23)21-20-13-10-5-2-6-11(17)12(10)19-14(13)22/h1-7,19,22H,(H,18,23). The Morgan fingerprint density at radius 1 is 1.26 bits per heavy atom. The number of benzene rings is 2. The summed E-state index contributed by atoms with van der Waals surface area (Å²) < 4.78 is 14.1. The van der Waals surface area contributed by atoms with Gasteiger partial charge in [-0.1, -0.05) is 18.2 Å². The summed E-state index contributed by atoms with van der Waals surface area (Å²) in [6.45, 7) is 0. The maximum atomic E-state index is 13.1. The van der Waals surface area contributed by atoms with Gasteiger partial charge >= 0.3 is 0 Å². The number of rotatable bonds is 2. The van der Waals surface area contributed by atoms with E-state index < -0.39 is 0 Å². The molecule has 116 valence electrons. The number of aromatic amines is 1. The quantitative estimate of drug-likeness (QED) is 0.295. The first kappa shape index (κ1) is 15.8. The van der Waals surface area contributed by atoms with E-state index in [1.165, 1.54) is 12.1 Å². The van der Waals surface area contributed by atoms with E-state index in [1.807, 2.05) is 18.2 Å². The first-order chi connectivity index (χ1) is 11.0. The Labute approximate surface area is 149 Å². The van der Waals surface area contributed by atoms with E-state index in [4.69, 9.17) is 12.2 Å². The van der Waals surface area contributed by atoms with Crippen molar-refractivity contribution in [3.05, 3.63) is 51.9 Å². The Hall–Kier alpha value is -2.07. The molecule has 0 atom stereocenters. The highest BCUT2D eigenvalue weighted by Gasteiger charge is 2.12. The van der Waals surface area contributed by atoms with Crippen molar-refractivity contribution in [1.82, 2.24) is 4.98 Å². The van der Waals surface area contributed by atoms with Crippen molar-refractivity contribution < 1.29 is 9.50 Å². The molecule has 3 aromatic rings. The minimum atomic E-state index is -0.376. The maximum Gasteiger partial charge on any atom is 0.218 e. The number of hydrogen-bond acceptors (Lipinski definition) is 3. The Morgan fingerprint density at radius 2 is 2.04 bits per heavy atom. The summed E-state index contributed by atoms with van der Waals surface area (Å²) >= 11 is 7.22. The molecule has 0 radical (unpaired) electrons. The molecule has 0 aliphatic heterocycles. The third-order valence-corrected chi connectivity index (χ3v) is 4.14. The van der Waals surface area contributed by atoms with Crippen LogP contribution in [-0.2, 0) is 0 Å². The summed E-state index contributed by atoms with van der Waals surface area (Å²) in [5.74, 6) is -0.458. The van der Waals surface area contributed by atoms with Crippen LogP contribution in [0.4, 0.5) is 15.8 Å². The lowest BCUT2D eigenvalue weighted by Crippen LogP contribution is -2.04. The molecule has 3 N–H and O–H groups in total. The molecule has 23 heavy (non-hydrogen) atoms. The molecule has 5 nitrogen and oxygen atoms in total. The van der Waals surface area contributed by atoms with Crippen molar-refractivity contribution in [2.45, 2.75) is 0 Å². The van der Waals surface area contributed by atoms with E-state index in [-0.39, 0.29) is 16.8 Å². The van der Waals surface area contributed by atoms with Crippen LogP contribution >= 0.6 is 34.8 Å². The molecule has 0 saturated heterocycles. The zero-order valence-corrected chi connectivity index (χ0v) is 14.5. The lowest BCUT2D eigenvalue weighted by atomic mass is 10.2. The first-order valence-electron chi connectivity index (χ1n) is 6.52. The van der Waals surface area contributed by atoms with Gasteiger partial charge in [-0.15, -0.1) is 10.2 Å². The third kappa shape index (κ3) is 3.48. The molecule has 0 saturated carbocycles. The van der Waals surface area contributed by atoms with Crippen LogP contribution in [-0.4, -0.2) is 15.2 Å². The lowest BCUT2D eigenvalue weighted by Gasteiger charge is -2.02. The van der Waals surface area contributed by atoms with E-state index >= 15 is 0 Å². The van der Waals surface area contributed by atoms with E-state index in [0.29, 0.717) is 11.4 Å². The van der Waals surface area contributed by atoms with Gasteiger partial charge < -0.3 is 15.4 Å². The Kier molecular flexibility index (Phi) is 4.53. The Morgan fingerprint density at radius 3 is 2.83 bits per heavy atom. The number of aromatic nitrogens is 1. The average molecular weight is 440 g/mol. The van der Waals surface area contributed by atoms with Crippen molar-refractivity contribution in [1.29, 1.82) is 0 Å². The number of H-pyrrole nitrogens is 1. The SMILES string of the molecule is Oc1[nH]c2c(I)cccc2c1N=NC(=S)Nc1cccc(F)c1. The molecule has 0 bridgehead atoms. The Bertz CT molecular complexity index is 925. The second-order valence-electron chi connectivity index (χ2n) is 4.63. The number of aromatic hydroxyl groups is 1. The predicted molar refractivity (Wildman–Crippen MR) is 99.8 cm³/mol. The molecule has 0 unspecified atom stereocenters. The van der Waals surface area contributed by atoms with Crippen LogP contribution in [0.3, 0.4) is 0 Å². The molecular formula is C15H10FIN4OS. The van der Waals surface area contributed by atoms with Crippen molar-refractivity contribution in [2.75, 3.05) is 5.32 Å². The summed E-state index contributed by atoms with van der Waals surface area (Å²) in [6.07, 6.45) is 0. The van der Waals surface area contributed by atoms with E-state index in [0.717, 1.165) is 14.5 Å². The number of para-hydroxylation sites is 1. The summed E-state index contributed by atoms with van der Waals surface area (Å²) in [6, 6.07) is 11.5. The summed E-state index contributed by atoms with van der Waals surface area (Å²) in [5.41, 5.74) is 1.57. The molecule has 0 aliphatic carbocycles. The Balaban J connectivity index is 1.84. The van der Waals surface area contributed by atoms with E-state index in [2.05, 4.69) is 43.1 Å². The van der Waals surface area contributed by atoms with Gasteiger partial charge in [0, 0.05) is 14.6 Å². The van der Waals surface area contributed by atoms with Crippen LogP contribution in [0.5, 0.6) is 5.88 Å². The van der Waals surface area contributed by atoms with Crippen LogP contribution in [0.1, 0.15) is 0 Å². The van der Waals surface area contributed by atoms with Crippen molar-refractivity contribution >= 4 is 62.2 Å². The number of anilines is 1. The van der Waals surface area contributed by atoms with Gasteiger partial charge in [-0.05, 0) is 59.1 Å². The molecule has 0 aliphatic rings. The molecule has 0 spiro atoms. The highest BCUT2D eigenvalue weighted by Crippen LogP contribution is 2.37. The second-order valence-corrected chi connectivity index (χ2v) is 6.17. The number of fused-ring (bicyclic) bond motifs is 1. The highest BCUT2D eigenvalue weighted by molar-refractivity contribution is 14.1. The third-order valence-electron chi connectivity index (χ3n) is 3.05. The second kappa shape index (κ2) is 6.59. The monoisotopic (exact) mass is 440 g/mol. The van der Waals surface area contributed by atoms with Gasteiger partial charge in [0.15, 0.2) is 5.69 Å². The normalized spacial score (nSPS) is 11.2. The molecule has 0 fully saturated rings. The minimum absolute atomic E-state index is 0.0648. The van der Waals surface area contributed by atoms with Crippen LogP contribution in [0.15, 0.2) is 52.7 Å². The fraction of sp³-hybridized carbons (Fsp3) is 0. The number of halogens is 2.